The van der Waals surface area contributed by atoms with Crippen molar-refractivity contribution in [2.45, 2.75) is 51.8 Å². The predicted molar refractivity (Wildman–Crippen MR) is 84.2 cm³/mol. The lowest BCUT2D eigenvalue weighted by molar-refractivity contribution is 0.138. The number of ether oxygens (including phenoxy) is 1. The van der Waals surface area contributed by atoms with Crippen molar-refractivity contribution in [3.63, 3.8) is 0 Å². The standard InChI is InChI=1S/C16H25NOS/c1-5-14(11-19-4)17-10-12-6-7-15-13(8-12)9-16(2,3)18-15/h6-8,14,17H,5,9-11H2,1-4H3. The van der Waals surface area contributed by atoms with E-state index < -0.39 is 0 Å². The summed E-state index contributed by atoms with van der Waals surface area (Å²) in [5, 5.41) is 3.64. The molecule has 1 atom stereocenters. The molecular weight excluding hydrogens is 254 g/mol. The van der Waals surface area contributed by atoms with E-state index in [1.54, 1.807) is 0 Å². The average molecular weight is 279 g/mol. The van der Waals surface area contributed by atoms with Gasteiger partial charge in [0.05, 0.1) is 0 Å². The summed E-state index contributed by atoms with van der Waals surface area (Å²) in [5.74, 6) is 2.24. The molecule has 19 heavy (non-hydrogen) atoms. The van der Waals surface area contributed by atoms with E-state index in [1.165, 1.54) is 23.3 Å². The second kappa shape index (κ2) is 6.19. The Bertz CT molecular complexity index is 431. The van der Waals surface area contributed by atoms with Gasteiger partial charge in [-0.05, 0) is 43.7 Å². The van der Waals surface area contributed by atoms with E-state index in [2.05, 4.69) is 50.5 Å². The smallest absolute Gasteiger partial charge is 0.123 e. The van der Waals surface area contributed by atoms with Crippen LogP contribution in [0.2, 0.25) is 0 Å². The Hall–Kier alpha value is -0.670. The van der Waals surface area contributed by atoms with Crippen molar-refractivity contribution in [1.82, 2.24) is 5.32 Å². The molecule has 2 rings (SSSR count). The van der Waals surface area contributed by atoms with Gasteiger partial charge in [0.2, 0.25) is 0 Å². The molecule has 0 fully saturated rings. The highest BCUT2D eigenvalue weighted by Crippen LogP contribution is 2.35. The predicted octanol–water partition coefficient (Wildman–Crippen LogP) is 3.63. The van der Waals surface area contributed by atoms with Gasteiger partial charge in [0.25, 0.3) is 0 Å². The van der Waals surface area contributed by atoms with Gasteiger partial charge in [-0.3, -0.25) is 0 Å². The minimum atomic E-state index is -0.0425. The van der Waals surface area contributed by atoms with E-state index in [0.717, 1.165) is 18.7 Å². The molecule has 2 nitrogen and oxygen atoms in total. The maximum absolute atomic E-state index is 5.91. The highest BCUT2D eigenvalue weighted by atomic mass is 32.2. The molecule has 106 valence electrons. The largest absolute Gasteiger partial charge is 0.487 e. The van der Waals surface area contributed by atoms with Crippen LogP contribution in [-0.4, -0.2) is 23.7 Å². The molecule has 1 aliphatic heterocycles. The van der Waals surface area contributed by atoms with Gasteiger partial charge in [0, 0.05) is 24.8 Å². The van der Waals surface area contributed by atoms with Crippen molar-refractivity contribution in [3.8, 4) is 5.75 Å². The molecular formula is C16H25NOS. The van der Waals surface area contributed by atoms with Crippen molar-refractivity contribution < 1.29 is 4.74 Å². The number of thioether (sulfide) groups is 1. The Kier molecular flexibility index (Phi) is 4.80. The van der Waals surface area contributed by atoms with Crippen molar-refractivity contribution in [3.05, 3.63) is 29.3 Å². The minimum absolute atomic E-state index is 0.0425. The summed E-state index contributed by atoms with van der Waals surface area (Å²) in [5.41, 5.74) is 2.67. The van der Waals surface area contributed by atoms with E-state index in [1.807, 2.05) is 11.8 Å². The lowest BCUT2D eigenvalue weighted by atomic mass is 10.00. The summed E-state index contributed by atoms with van der Waals surface area (Å²) < 4.78 is 5.91. The zero-order chi connectivity index (χ0) is 13.9. The van der Waals surface area contributed by atoms with Gasteiger partial charge in [-0.1, -0.05) is 19.1 Å². The van der Waals surface area contributed by atoms with Crippen molar-refractivity contribution in [2.75, 3.05) is 12.0 Å². The number of hydrogen-bond donors (Lipinski definition) is 1. The van der Waals surface area contributed by atoms with Crippen LogP contribution in [0, 0.1) is 0 Å². The first-order valence-corrected chi connectivity index (χ1v) is 8.46. The minimum Gasteiger partial charge on any atom is -0.487 e. The Morgan fingerprint density at radius 2 is 2.21 bits per heavy atom. The van der Waals surface area contributed by atoms with E-state index in [0.29, 0.717) is 6.04 Å². The molecule has 3 heteroatoms. The lowest BCUT2D eigenvalue weighted by Gasteiger charge is -2.16. The summed E-state index contributed by atoms with van der Waals surface area (Å²) in [6, 6.07) is 7.20. The topological polar surface area (TPSA) is 21.3 Å². The molecule has 0 saturated carbocycles. The van der Waals surface area contributed by atoms with Crippen LogP contribution in [0.5, 0.6) is 5.75 Å². The first kappa shape index (κ1) is 14.7. The number of nitrogens with one attached hydrogen (secondary N) is 1. The normalized spacial score (nSPS) is 17.9. The van der Waals surface area contributed by atoms with Crippen molar-refractivity contribution in [2.24, 2.45) is 0 Å². The molecule has 0 aromatic heterocycles. The highest BCUT2D eigenvalue weighted by Gasteiger charge is 2.29. The van der Waals surface area contributed by atoms with E-state index in [9.17, 15) is 0 Å². The maximum Gasteiger partial charge on any atom is 0.123 e. The number of rotatable bonds is 6. The van der Waals surface area contributed by atoms with E-state index in [4.69, 9.17) is 4.74 Å². The van der Waals surface area contributed by atoms with Crippen molar-refractivity contribution >= 4 is 11.8 Å². The van der Waals surface area contributed by atoms with Crippen LogP contribution < -0.4 is 10.1 Å². The third-order valence-corrected chi connectivity index (χ3v) is 4.32. The van der Waals surface area contributed by atoms with Gasteiger partial charge >= 0.3 is 0 Å². The van der Waals surface area contributed by atoms with Gasteiger partial charge < -0.3 is 10.1 Å². The number of hydrogen-bond acceptors (Lipinski definition) is 3. The Balaban J connectivity index is 1.96. The Morgan fingerprint density at radius 3 is 2.89 bits per heavy atom. The number of fused-ring (bicyclic) bond motifs is 1. The van der Waals surface area contributed by atoms with Crippen LogP contribution in [0.4, 0.5) is 0 Å². The van der Waals surface area contributed by atoms with Gasteiger partial charge in [0.1, 0.15) is 11.4 Å². The van der Waals surface area contributed by atoms with Gasteiger partial charge in [-0.25, -0.2) is 0 Å². The van der Waals surface area contributed by atoms with Crippen molar-refractivity contribution in [1.29, 1.82) is 0 Å². The second-order valence-electron chi connectivity index (χ2n) is 5.92. The third-order valence-electron chi connectivity index (χ3n) is 3.58. The third kappa shape index (κ3) is 3.90. The first-order chi connectivity index (χ1) is 9.04. The van der Waals surface area contributed by atoms with Gasteiger partial charge in [-0.2, -0.15) is 11.8 Å². The molecule has 0 amide bonds. The highest BCUT2D eigenvalue weighted by molar-refractivity contribution is 7.98. The summed E-state index contributed by atoms with van der Waals surface area (Å²) in [6.07, 6.45) is 4.36. The number of benzene rings is 1. The van der Waals surface area contributed by atoms with Gasteiger partial charge in [0.15, 0.2) is 0 Å². The second-order valence-corrected chi connectivity index (χ2v) is 6.83. The summed E-state index contributed by atoms with van der Waals surface area (Å²) >= 11 is 1.91. The summed E-state index contributed by atoms with van der Waals surface area (Å²) in [6.45, 7) is 7.49. The molecule has 1 N–H and O–H groups in total. The van der Waals surface area contributed by atoms with Crippen LogP contribution in [0.15, 0.2) is 18.2 Å². The molecule has 1 aromatic carbocycles. The molecule has 0 radical (unpaired) electrons. The summed E-state index contributed by atoms with van der Waals surface area (Å²) in [7, 11) is 0. The molecule has 0 bridgehead atoms. The van der Waals surface area contributed by atoms with E-state index in [-0.39, 0.29) is 5.60 Å². The van der Waals surface area contributed by atoms with Crippen LogP contribution in [0.1, 0.15) is 38.3 Å². The SMILES string of the molecule is CCC(CSC)NCc1ccc2c(c1)CC(C)(C)O2. The fraction of sp³-hybridized carbons (Fsp3) is 0.625. The zero-order valence-corrected chi connectivity index (χ0v) is 13.3. The average Bonchev–Trinajstić information content (AvgIpc) is 2.67. The maximum atomic E-state index is 5.91. The van der Waals surface area contributed by atoms with Crippen LogP contribution >= 0.6 is 11.8 Å². The molecule has 1 aromatic rings. The Labute approximate surface area is 121 Å². The quantitative estimate of drug-likeness (QED) is 0.859. The Morgan fingerprint density at radius 1 is 1.42 bits per heavy atom. The molecule has 1 unspecified atom stereocenters. The summed E-state index contributed by atoms with van der Waals surface area (Å²) in [4.78, 5) is 0. The lowest BCUT2D eigenvalue weighted by Crippen LogP contribution is -2.30. The molecule has 0 spiro atoms. The van der Waals surface area contributed by atoms with Crippen LogP contribution in [0.25, 0.3) is 0 Å². The molecule has 1 aliphatic rings. The fourth-order valence-corrected chi connectivity index (χ4v) is 3.31. The monoisotopic (exact) mass is 279 g/mol. The first-order valence-electron chi connectivity index (χ1n) is 7.07. The molecule has 1 heterocycles. The van der Waals surface area contributed by atoms with Crippen LogP contribution in [-0.2, 0) is 13.0 Å². The fourth-order valence-electron chi connectivity index (χ4n) is 2.56. The van der Waals surface area contributed by atoms with Crippen LogP contribution in [0.3, 0.4) is 0 Å². The molecule has 0 aliphatic carbocycles. The van der Waals surface area contributed by atoms with Gasteiger partial charge in [-0.15, -0.1) is 0 Å². The van der Waals surface area contributed by atoms with E-state index >= 15 is 0 Å². The molecule has 0 saturated heterocycles. The zero-order valence-electron chi connectivity index (χ0n) is 12.5.